The number of ether oxygens (including phenoxy) is 3. The van der Waals surface area contributed by atoms with Crippen LogP contribution in [0.2, 0.25) is 0 Å². The molecule has 1 aromatic carbocycles. The molecule has 4 rings (SSSR count). The van der Waals surface area contributed by atoms with Crippen LogP contribution in [0.25, 0.3) is 0 Å². The maximum absolute atomic E-state index is 12.7. The topological polar surface area (TPSA) is 60.0 Å². The molecule has 0 radical (unpaired) electrons. The molecule has 1 saturated carbocycles. The Morgan fingerprint density at radius 1 is 1.15 bits per heavy atom. The van der Waals surface area contributed by atoms with E-state index in [0.717, 1.165) is 69.9 Å². The Kier molecular flexibility index (Phi) is 5.60. The van der Waals surface area contributed by atoms with E-state index in [0.29, 0.717) is 18.6 Å². The average Bonchev–Trinajstić information content (AvgIpc) is 3.13. The van der Waals surface area contributed by atoms with Gasteiger partial charge in [0.05, 0.1) is 12.7 Å². The first-order valence-corrected chi connectivity index (χ1v) is 9.78. The first kappa shape index (κ1) is 17.6. The van der Waals surface area contributed by atoms with Gasteiger partial charge >= 0.3 is 6.03 Å². The number of amides is 2. The minimum Gasteiger partial charge on any atom is -0.491 e. The van der Waals surface area contributed by atoms with Crippen LogP contribution < -0.4 is 10.1 Å². The average molecular weight is 360 g/mol. The number of hydrogen-bond donors (Lipinski definition) is 1. The van der Waals surface area contributed by atoms with Crippen LogP contribution in [-0.4, -0.2) is 56.0 Å². The minimum atomic E-state index is -0.00701. The summed E-state index contributed by atoms with van der Waals surface area (Å²) in [6.45, 7) is 3.80. The molecule has 142 valence electrons. The SMILES string of the molecule is O=C(Nc1ccc(OC[C@H]2CCCO2)cc1)N(C[C@H]1CCOC1)C1CC1. The Bertz CT molecular complexity index is 590. The zero-order valence-electron chi connectivity index (χ0n) is 15.2. The summed E-state index contributed by atoms with van der Waals surface area (Å²) in [5.74, 6) is 1.27. The van der Waals surface area contributed by atoms with E-state index in [2.05, 4.69) is 5.32 Å². The van der Waals surface area contributed by atoms with Crippen molar-refractivity contribution >= 4 is 11.7 Å². The highest BCUT2D eigenvalue weighted by atomic mass is 16.5. The molecular formula is C20H28N2O4. The summed E-state index contributed by atoms with van der Waals surface area (Å²) in [6, 6.07) is 7.98. The molecule has 2 aliphatic heterocycles. The van der Waals surface area contributed by atoms with Crippen LogP contribution in [-0.2, 0) is 9.47 Å². The summed E-state index contributed by atoms with van der Waals surface area (Å²) in [5, 5.41) is 3.03. The van der Waals surface area contributed by atoms with Gasteiger partial charge in [-0.15, -0.1) is 0 Å². The Balaban J connectivity index is 1.28. The van der Waals surface area contributed by atoms with E-state index in [1.54, 1.807) is 0 Å². The third kappa shape index (κ3) is 4.68. The van der Waals surface area contributed by atoms with Crippen molar-refractivity contribution in [3.8, 4) is 5.75 Å². The number of anilines is 1. The summed E-state index contributed by atoms with van der Waals surface area (Å²) in [5.41, 5.74) is 0.799. The highest BCUT2D eigenvalue weighted by molar-refractivity contribution is 5.89. The number of carbonyl (C=O) groups is 1. The van der Waals surface area contributed by atoms with Crippen LogP contribution in [0.5, 0.6) is 5.75 Å². The van der Waals surface area contributed by atoms with E-state index in [9.17, 15) is 4.79 Å². The van der Waals surface area contributed by atoms with E-state index in [1.165, 1.54) is 0 Å². The second-order valence-electron chi connectivity index (χ2n) is 7.51. The van der Waals surface area contributed by atoms with Gasteiger partial charge in [-0.05, 0) is 56.4 Å². The lowest BCUT2D eigenvalue weighted by atomic mass is 10.1. The maximum Gasteiger partial charge on any atom is 0.322 e. The fraction of sp³-hybridized carbons (Fsp3) is 0.650. The molecule has 0 spiro atoms. The molecule has 6 nitrogen and oxygen atoms in total. The second kappa shape index (κ2) is 8.27. The summed E-state index contributed by atoms with van der Waals surface area (Å²) >= 11 is 0. The molecule has 26 heavy (non-hydrogen) atoms. The lowest BCUT2D eigenvalue weighted by Crippen LogP contribution is -2.40. The van der Waals surface area contributed by atoms with Crippen LogP contribution in [0, 0.1) is 5.92 Å². The molecule has 1 aromatic rings. The van der Waals surface area contributed by atoms with Gasteiger partial charge in [0.1, 0.15) is 12.4 Å². The van der Waals surface area contributed by atoms with Gasteiger partial charge in [0, 0.05) is 37.4 Å². The van der Waals surface area contributed by atoms with Crippen LogP contribution in [0.15, 0.2) is 24.3 Å². The lowest BCUT2D eigenvalue weighted by Gasteiger charge is -2.25. The number of benzene rings is 1. The van der Waals surface area contributed by atoms with Crippen molar-refractivity contribution in [1.82, 2.24) is 4.90 Å². The molecule has 2 amide bonds. The van der Waals surface area contributed by atoms with Gasteiger partial charge < -0.3 is 24.4 Å². The Labute approximate surface area is 154 Å². The third-order valence-corrected chi connectivity index (χ3v) is 5.29. The number of nitrogens with one attached hydrogen (secondary N) is 1. The van der Waals surface area contributed by atoms with Gasteiger partial charge in [-0.3, -0.25) is 0 Å². The second-order valence-corrected chi connectivity index (χ2v) is 7.51. The van der Waals surface area contributed by atoms with Gasteiger partial charge in [0.25, 0.3) is 0 Å². The normalized spacial score (nSPS) is 25.2. The number of urea groups is 1. The van der Waals surface area contributed by atoms with E-state index in [4.69, 9.17) is 14.2 Å². The standard InChI is InChI=1S/C20H28N2O4/c23-20(22(17-5-6-17)12-15-9-11-24-13-15)21-16-3-7-18(8-4-16)26-14-19-2-1-10-25-19/h3-4,7-8,15,17,19H,1-2,5-6,9-14H2,(H,21,23)/t15-,19-/m1/s1. The Hall–Kier alpha value is -1.79. The van der Waals surface area contributed by atoms with E-state index in [-0.39, 0.29) is 12.1 Å². The zero-order chi connectivity index (χ0) is 17.8. The maximum atomic E-state index is 12.7. The van der Waals surface area contributed by atoms with Crippen molar-refractivity contribution in [2.45, 2.75) is 44.2 Å². The summed E-state index contributed by atoms with van der Waals surface area (Å²) in [7, 11) is 0. The van der Waals surface area contributed by atoms with Crippen LogP contribution in [0.3, 0.4) is 0 Å². The molecule has 0 unspecified atom stereocenters. The van der Waals surface area contributed by atoms with E-state index >= 15 is 0 Å². The Morgan fingerprint density at radius 2 is 2.00 bits per heavy atom. The van der Waals surface area contributed by atoms with Gasteiger partial charge in [-0.2, -0.15) is 0 Å². The highest BCUT2D eigenvalue weighted by Gasteiger charge is 2.34. The molecule has 3 fully saturated rings. The summed E-state index contributed by atoms with van der Waals surface area (Å²) < 4.78 is 16.8. The third-order valence-electron chi connectivity index (χ3n) is 5.29. The van der Waals surface area contributed by atoms with Crippen LogP contribution >= 0.6 is 0 Å². The molecular weight excluding hydrogens is 332 g/mol. The fourth-order valence-corrected chi connectivity index (χ4v) is 3.58. The predicted molar refractivity (Wildman–Crippen MR) is 98.6 cm³/mol. The van der Waals surface area contributed by atoms with Crippen LogP contribution in [0.1, 0.15) is 32.1 Å². The molecule has 2 heterocycles. The predicted octanol–water partition coefficient (Wildman–Crippen LogP) is 3.28. The number of carbonyl (C=O) groups excluding carboxylic acids is 1. The van der Waals surface area contributed by atoms with E-state index in [1.807, 2.05) is 29.2 Å². The summed E-state index contributed by atoms with van der Waals surface area (Å²) in [4.78, 5) is 14.7. The van der Waals surface area contributed by atoms with Crippen molar-refractivity contribution in [1.29, 1.82) is 0 Å². The van der Waals surface area contributed by atoms with Crippen molar-refractivity contribution in [2.75, 3.05) is 38.3 Å². The summed E-state index contributed by atoms with van der Waals surface area (Å²) in [6.07, 6.45) is 5.66. The molecule has 0 bridgehead atoms. The van der Waals surface area contributed by atoms with E-state index < -0.39 is 0 Å². The number of hydrogen-bond acceptors (Lipinski definition) is 4. The smallest absolute Gasteiger partial charge is 0.322 e. The van der Waals surface area contributed by atoms with Gasteiger partial charge in [0.15, 0.2) is 0 Å². The first-order valence-electron chi connectivity index (χ1n) is 9.78. The van der Waals surface area contributed by atoms with Crippen molar-refractivity contribution in [2.24, 2.45) is 5.92 Å². The quantitative estimate of drug-likeness (QED) is 0.811. The molecule has 1 N–H and O–H groups in total. The minimum absolute atomic E-state index is 0.00701. The zero-order valence-corrected chi connectivity index (χ0v) is 15.2. The lowest BCUT2D eigenvalue weighted by molar-refractivity contribution is 0.0679. The number of nitrogens with zero attached hydrogens (tertiary/aromatic N) is 1. The van der Waals surface area contributed by atoms with Gasteiger partial charge in [0.2, 0.25) is 0 Å². The molecule has 2 saturated heterocycles. The molecule has 0 aromatic heterocycles. The molecule has 1 aliphatic carbocycles. The largest absolute Gasteiger partial charge is 0.491 e. The van der Waals surface area contributed by atoms with Crippen LogP contribution in [0.4, 0.5) is 10.5 Å². The monoisotopic (exact) mass is 360 g/mol. The molecule has 3 aliphatic rings. The molecule has 2 atom stereocenters. The number of rotatable bonds is 7. The van der Waals surface area contributed by atoms with Crippen molar-refractivity contribution in [3.63, 3.8) is 0 Å². The first-order chi connectivity index (χ1) is 12.8. The van der Waals surface area contributed by atoms with Crippen molar-refractivity contribution in [3.05, 3.63) is 24.3 Å². The van der Waals surface area contributed by atoms with Crippen molar-refractivity contribution < 1.29 is 19.0 Å². The van der Waals surface area contributed by atoms with Gasteiger partial charge in [-0.1, -0.05) is 0 Å². The highest BCUT2D eigenvalue weighted by Crippen LogP contribution is 2.30. The Morgan fingerprint density at radius 3 is 2.65 bits per heavy atom. The fourth-order valence-electron chi connectivity index (χ4n) is 3.58. The van der Waals surface area contributed by atoms with Gasteiger partial charge in [-0.25, -0.2) is 4.79 Å². The molecule has 6 heteroatoms.